The lowest BCUT2D eigenvalue weighted by Gasteiger charge is -2.14. The lowest BCUT2D eigenvalue weighted by molar-refractivity contribution is -0.137. The van der Waals surface area contributed by atoms with Crippen LogP contribution in [0.3, 0.4) is 0 Å². The molecule has 4 rings (SSSR count). The molecule has 9 nitrogen and oxygen atoms in total. The third-order valence-corrected chi connectivity index (χ3v) is 6.66. The highest BCUT2D eigenvalue weighted by atomic mass is 32.2. The summed E-state index contributed by atoms with van der Waals surface area (Å²) >= 11 is 0.927. The van der Waals surface area contributed by atoms with Crippen molar-refractivity contribution in [3.8, 4) is 45.5 Å². The molecule has 1 heterocycles. The number of nitrogens with one attached hydrogen (secondary N) is 1. The first-order chi connectivity index (χ1) is 19.7. The standard InChI is InChI=1S/C28H25F3N4O5S/c1-37-20-11-9-16(13-22(20)39-3)25-26(17-10-12-21(38-2)23(14-17)40-4)34-35-27(33-25)41-15-24(36)32-19-8-6-5-7-18(19)28(29,30)31/h5-14H,15H2,1-4H3,(H,32,36). The molecule has 0 aliphatic rings. The minimum absolute atomic E-state index is 0.137. The number of benzene rings is 3. The predicted molar refractivity (Wildman–Crippen MR) is 148 cm³/mol. The zero-order valence-corrected chi connectivity index (χ0v) is 23.2. The van der Waals surface area contributed by atoms with Crippen LogP contribution in [0.5, 0.6) is 23.0 Å². The van der Waals surface area contributed by atoms with Crippen molar-refractivity contribution >= 4 is 23.4 Å². The van der Waals surface area contributed by atoms with Crippen LogP contribution in [0.15, 0.2) is 65.8 Å². The van der Waals surface area contributed by atoms with Crippen LogP contribution in [0.25, 0.3) is 22.5 Å². The van der Waals surface area contributed by atoms with Gasteiger partial charge in [0, 0.05) is 11.1 Å². The summed E-state index contributed by atoms with van der Waals surface area (Å²) in [5, 5.41) is 11.0. The Morgan fingerprint density at radius 1 is 0.780 bits per heavy atom. The van der Waals surface area contributed by atoms with Crippen molar-refractivity contribution in [3.63, 3.8) is 0 Å². The summed E-state index contributed by atoms with van der Waals surface area (Å²) in [5.41, 5.74) is 0.800. The fraction of sp³-hybridized carbons (Fsp3) is 0.214. The van der Waals surface area contributed by atoms with Gasteiger partial charge in [-0.25, -0.2) is 4.98 Å². The maximum absolute atomic E-state index is 13.3. The number of ether oxygens (including phenoxy) is 4. The first-order valence-electron chi connectivity index (χ1n) is 12.0. The van der Waals surface area contributed by atoms with Crippen LogP contribution < -0.4 is 24.3 Å². The van der Waals surface area contributed by atoms with Gasteiger partial charge in [-0.1, -0.05) is 23.9 Å². The molecule has 0 bridgehead atoms. The molecule has 1 amide bonds. The molecule has 1 N–H and O–H groups in total. The monoisotopic (exact) mass is 586 g/mol. The van der Waals surface area contributed by atoms with E-state index in [0.717, 1.165) is 17.8 Å². The highest BCUT2D eigenvalue weighted by Crippen LogP contribution is 2.38. The minimum Gasteiger partial charge on any atom is -0.493 e. The number of rotatable bonds is 10. The van der Waals surface area contributed by atoms with Crippen molar-refractivity contribution < 1.29 is 36.9 Å². The first-order valence-corrected chi connectivity index (χ1v) is 13.0. The molecule has 1 aromatic heterocycles. The van der Waals surface area contributed by atoms with Crippen LogP contribution in [0.4, 0.5) is 18.9 Å². The summed E-state index contributed by atoms with van der Waals surface area (Å²) in [5.74, 6) is 1.05. The van der Waals surface area contributed by atoms with Crippen LogP contribution in [0.2, 0.25) is 0 Å². The Bertz CT molecular complexity index is 1550. The van der Waals surface area contributed by atoms with Crippen molar-refractivity contribution in [1.82, 2.24) is 15.2 Å². The Morgan fingerprint density at radius 3 is 1.90 bits per heavy atom. The van der Waals surface area contributed by atoms with E-state index in [2.05, 4.69) is 20.5 Å². The number of amides is 1. The Kier molecular flexibility index (Phi) is 9.17. The second-order valence-electron chi connectivity index (χ2n) is 8.31. The van der Waals surface area contributed by atoms with E-state index >= 15 is 0 Å². The number of para-hydroxylation sites is 1. The van der Waals surface area contributed by atoms with Crippen LogP contribution in [-0.2, 0) is 11.0 Å². The Labute approximate surface area is 238 Å². The normalized spacial score (nSPS) is 11.1. The molecule has 13 heteroatoms. The zero-order chi connectivity index (χ0) is 29.6. The highest BCUT2D eigenvalue weighted by molar-refractivity contribution is 7.99. The van der Waals surface area contributed by atoms with Gasteiger partial charge in [-0.3, -0.25) is 4.79 Å². The average molecular weight is 587 g/mol. The van der Waals surface area contributed by atoms with Gasteiger partial charge in [0.25, 0.3) is 0 Å². The number of hydrogen-bond acceptors (Lipinski definition) is 9. The minimum atomic E-state index is -4.61. The molecule has 0 aliphatic carbocycles. The lowest BCUT2D eigenvalue weighted by Crippen LogP contribution is -2.18. The molecule has 0 fully saturated rings. The SMILES string of the molecule is COc1ccc(-c2nnc(SCC(=O)Nc3ccccc3C(F)(F)F)nc2-c2ccc(OC)c(OC)c2)cc1OC. The van der Waals surface area contributed by atoms with Gasteiger partial charge < -0.3 is 24.3 Å². The van der Waals surface area contributed by atoms with E-state index < -0.39 is 17.6 Å². The summed E-state index contributed by atoms with van der Waals surface area (Å²) in [4.78, 5) is 17.2. The number of anilines is 1. The average Bonchev–Trinajstić information content (AvgIpc) is 2.98. The van der Waals surface area contributed by atoms with E-state index in [0.29, 0.717) is 45.5 Å². The first kappa shape index (κ1) is 29.5. The van der Waals surface area contributed by atoms with E-state index in [1.807, 2.05) is 0 Å². The van der Waals surface area contributed by atoms with Crippen molar-refractivity contribution in [1.29, 1.82) is 0 Å². The van der Waals surface area contributed by atoms with Gasteiger partial charge in [-0.15, -0.1) is 10.2 Å². The van der Waals surface area contributed by atoms with Crippen LogP contribution in [0.1, 0.15) is 5.56 Å². The maximum Gasteiger partial charge on any atom is 0.418 e. The van der Waals surface area contributed by atoms with Gasteiger partial charge in [-0.2, -0.15) is 13.2 Å². The smallest absolute Gasteiger partial charge is 0.418 e. The molecular formula is C28H25F3N4O5S. The molecule has 0 aliphatic heterocycles. The van der Waals surface area contributed by atoms with Gasteiger partial charge in [0.15, 0.2) is 23.0 Å². The molecule has 0 spiro atoms. The van der Waals surface area contributed by atoms with Gasteiger partial charge in [0.05, 0.1) is 45.4 Å². The van der Waals surface area contributed by atoms with Crippen LogP contribution in [-0.4, -0.2) is 55.3 Å². The third-order valence-electron chi connectivity index (χ3n) is 5.82. The molecule has 41 heavy (non-hydrogen) atoms. The van der Waals surface area contributed by atoms with E-state index in [1.165, 1.54) is 46.6 Å². The molecule has 0 saturated heterocycles. The highest BCUT2D eigenvalue weighted by Gasteiger charge is 2.33. The number of alkyl halides is 3. The second kappa shape index (κ2) is 12.8. The summed E-state index contributed by atoms with van der Waals surface area (Å²) < 4.78 is 61.5. The van der Waals surface area contributed by atoms with Gasteiger partial charge in [0.2, 0.25) is 11.1 Å². The Balaban J connectivity index is 1.67. The number of halogens is 3. The second-order valence-corrected chi connectivity index (χ2v) is 9.25. The number of methoxy groups -OCH3 is 4. The zero-order valence-electron chi connectivity index (χ0n) is 22.4. The van der Waals surface area contributed by atoms with Crippen molar-refractivity contribution in [2.45, 2.75) is 11.3 Å². The van der Waals surface area contributed by atoms with Crippen LogP contribution >= 0.6 is 11.8 Å². The van der Waals surface area contributed by atoms with Gasteiger partial charge >= 0.3 is 6.18 Å². The summed E-state index contributed by atoms with van der Waals surface area (Å²) in [6, 6.07) is 15.2. The number of nitrogens with zero attached hydrogens (tertiary/aromatic N) is 3. The summed E-state index contributed by atoms with van der Waals surface area (Å²) in [7, 11) is 6.06. The van der Waals surface area contributed by atoms with Crippen molar-refractivity contribution in [2.24, 2.45) is 0 Å². The number of aromatic nitrogens is 3. The molecule has 0 radical (unpaired) electrons. The molecule has 4 aromatic rings. The fourth-order valence-corrected chi connectivity index (χ4v) is 4.48. The van der Waals surface area contributed by atoms with E-state index in [1.54, 1.807) is 36.4 Å². The van der Waals surface area contributed by atoms with Gasteiger partial charge in [-0.05, 0) is 48.5 Å². The van der Waals surface area contributed by atoms with E-state index in [-0.39, 0.29) is 16.6 Å². The molecule has 3 aromatic carbocycles. The molecular weight excluding hydrogens is 561 g/mol. The van der Waals surface area contributed by atoms with E-state index in [4.69, 9.17) is 18.9 Å². The number of hydrogen-bond donors (Lipinski definition) is 1. The largest absolute Gasteiger partial charge is 0.493 e. The van der Waals surface area contributed by atoms with Crippen LogP contribution in [0, 0.1) is 0 Å². The third kappa shape index (κ3) is 6.80. The fourth-order valence-electron chi connectivity index (χ4n) is 3.89. The topological polar surface area (TPSA) is 105 Å². The molecule has 0 atom stereocenters. The number of thioether (sulfide) groups is 1. The summed E-state index contributed by atoms with van der Waals surface area (Å²) in [6.45, 7) is 0. The van der Waals surface area contributed by atoms with E-state index in [9.17, 15) is 18.0 Å². The Hall–Kier alpha value is -4.52. The predicted octanol–water partition coefficient (Wildman–Crippen LogP) is 5.99. The lowest BCUT2D eigenvalue weighted by atomic mass is 10.0. The molecule has 0 saturated carbocycles. The maximum atomic E-state index is 13.3. The molecule has 0 unspecified atom stereocenters. The Morgan fingerprint density at radius 2 is 1.34 bits per heavy atom. The number of carbonyl (C=O) groups excluding carboxylic acids is 1. The summed E-state index contributed by atoms with van der Waals surface area (Å²) in [6.07, 6.45) is -4.61. The van der Waals surface area contributed by atoms with Gasteiger partial charge in [0.1, 0.15) is 11.4 Å². The van der Waals surface area contributed by atoms with Crippen molar-refractivity contribution in [2.75, 3.05) is 39.5 Å². The molecule has 214 valence electrons. The van der Waals surface area contributed by atoms with Crippen molar-refractivity contribution in [3.05, 3.63) is 66.2 Å². The number of carbonyl (C=O) groups is 1. The quantitative estimate of drug-likeness (QED) is 0.224.